The highest BCUT2D eigenvalue weighted by molar-refractivity contribution is 6.31. The zero-order chi connectivity index (χ0) is 9.68. The monoisotopic (exact) mass is 197 g/mol. The molecule has 0 heterocycles. The fraction of sp³-hybridized carbons (Fsp3) is 0.455. The lowest BCUT2D eigenvalue weighted by Crippen LogP contribution is -2.11. The van der Waals surface area contributed by atoms with Gasteiger partial charge < -0.3 is 5.73 Å². The van der Waals surface area contributed by atoms with Gasteiger partial charge in [0.05, 0.1) is 0 Å². The predicted molar refractivity (Wildman–Crippen MR) is 58.0 cm³/mol. The molecule has 2 heteroatoms. The number of rotatable bonds is 4. The Morgan fingerprint density at radius 2 is 2.08 bits per heavy atom. The molecule has 0 saturated heterocycles. The van der Waals surface area contributed by atoms with E-state index >= 15 is 0 Å². The van der Waals surface area contributed by atoms with Crippen molar-refractivity contribution in [1.82, 2.24) is 0 Å². The SMILES string of the molecule is CC(CN)CCc1ccccc1Cl. The molecular weight excluding hydrogens is 182 g/mol. The lowest BCUT2D eigenvalue weighted by Gasteiger charge is -2.08. The minimum atomic E-state index is 0.580. The van der Waals surface area contributed by atoms with Gasteiger partial charge in [0, 0.05) is 5.02 Å². The number of halogens is 1. The van der Waals surface area contributed by atoms with Crippen molar-refractivity contribution >= 4 is 11.6 Å². The van der Waals surface area contributed by atoms with Crippen molar-refractivity contribution in [3.05, 3.63) is 34.9 Å². The molecule has 0 amide bonds. The lowest BCUT2D eigenvalue weighted by atomic mass is 10.0. The first kappa shape index (κ1) is 10.6. The van der Waals surface area contributed by atoms with Gasteiger partial charge in [-0.25, -0.2) is 0 Å². The standard InChI is InChI=1S/C11H16ClN/c1-9(8-13)6-7-10-4-2-3-5-11(10)12/h2-5,9H,6-8,13H2,1H3. The van der Waals surface area contributed by atoms with Crippen LogP contribution in [0, 0.1) is 5.92 Å². The highest BCUT2D eigenvalue weighted by atomic mass is 35.5. The van der Waals surface area contributed by atoms with E-state index in [1.54, 1.807) is 0 Å². The van der Waals surface area contributed by atoms with Crippen molar-refractivity contribution in [1.29, 1.82) is 0 Å². The normalized spacial score (nSPS) is 12.8. The number of hydrogen-bond donors (Lipinski definition) is 1. The number of hydrogen-bond acceptors (Lipinski definition) is 1. The van der Waals surface area contributed by atoms with Crippen LogP contribution in [0.3, 0.4) is 0 Å². The smallest absolute Gasteiger partial charge is 0.0437 e. The van der Waals surface area contributed by atoms with Crippen LogP contribution < -0.4 is 5.73 Å². The van der Waals surface area contributed by atoms with Crippen LogP contribution in [0.25, 0.3) is 0 Å². The van der Waals surface area contributed by atoms with Crippen molar-refractivity contribution < 1.29 is 0 Å². The third kappa shape index (κ3) is 3.37. The van der Waals surface area contributed by atoms with E-state index in [-0.39, 0.29) is 0 Å². The summed E-state index contributed by atoms with van der Waals surface area (Å²) in [5, 5.41) is 0.867. The van der Waals surface area contributed by atoms with Gasteiger partial charge in [-0.3, -0.25) is 0 Å². The molecular formula is C11H16ClN. The van der Waals surface area contributed by atoms with Crippen LogP contribution in [-0.4, -0.2) is 6.54 Å². The molecule has 1 aromatic rings. The Morgan fingerprint density at radius 1 is 1.38 bits per heavy atom. The van der Waals surface area contributed by atoms with E-state index in [0.29, 0.717) is 5.92 Å². The zero-order valence-corrected chi connectivity index (χ0v) is 8.72. The topological polar surface area (TPSA) is 26.0 Å². The molecule has 0 fully saturated rings. The molecule has 1 nitrogen and oxygen atoms in total. The lowest BCUT2D eigenvalue weighted by molar-refractivity contribution is 0.545. The second kappa shape index (κ2) is 5.25. The molecule has 1 aromatic carbocycles. The van der Waals surface area contributed by atoms with Gasteiger partial charge in [-0.15, -0.1) is 0 Å². The van der Waals surface area contributed by atoms with E-state index in [4.69, 9.17) is 17.3 Å². The Morgan fingerprint density at radius 3 is 2.69 bits per heavy atom. The molecule has 1 atom stereocenters. The minimum absolute atomic E-state index is 0.580. The first-order valence-corrected chi connectivity index (χ1v) is 5.05. The Labute approximate surface area is 84.9 Å². The van der Waals surface area contributed by atoms with Gasteiger partial charge in [0.1, 0.15) is 0 Å². The molecule has 13 heavy (non-hydrogen) atoms. The third-order valence-electron chi connectivity index (χ3n) is 2.27. The van der Waals surface area contributed by atoms with Crippen LogP contribution in [0.2, 0.25) is 5.02 Å². The summed E-state index contributed by atoms with van der Waals surface area (Å²) < 4.78 is 0. The van der Waals surface area contributed by atoms with E-state index in [1.165, 1.54) is 5.56 Å². The average Bonchev–Trinajstić information content (AvgIpc) is 2.16. The summed E-state index contributed by atoms with van der Waals surface area (Å²) in [6, 6.07) is 7.99. The summed E-state index contributed by atoms with van der Waals surface area (Å²) in [6.45, 7) is 2.92. The number of aryl methyl sites for hydroxylation is 1. The molecule has 0 spiro atoms. The summed E-state index contributed by atoms with van der Waals surface area (Å²) in [4.78, 5) is 0. The van der Waals surface area contributed by atoms with Crippen molar-refractivity contribution in [3.63, 3.8) is 0 Å². The Balaban J connectivity index is 2.50. The minimum Gasteiger partial charge on any atom is -0.330 e. The summed E-state index contributed by atoms with van der Waals surface area (Å²) in [5.41, 5.74) is 6.77. The van der Waals surface area contributed by atoms with Gasteiger partial charge >= 0.3 is 0 Å². The van der Waals surface area contributed by atoms with Gasteiger partial charge in [0.25, 0.3) is 0 Å². The van der Waals surface area contributed by atoms with Crippen LogP contribution >= 0.6 is 11.6 Å². The molecule has 0 aliphatic rings. The first-order valence-electron chi connectivity index (χ1n) is 4.67. The second-order valence-corrected chi connectivity index (χ2v) is 3.88. The van der Waals surface area contributed by atoms with E-state index in [2.05, 4.69) is 13.0 Å². The molecule has 0 aliphatic carbocycles. The van der Waals surface area contributed by atoms with Crippen molar-refractivity contribution in [2.24, 2.45) is 11.7 Å². The van der Waals surface area contributed by atoms with Crippen LogP contribution in [0.15, 0.2) is 24.3 Å². The Bertz CT molecular complexity index is 260. The zero-order valence-electron chi connectivity index (χ0n) is 7.96. The third-order valence-corrected chi connectivity index (χ3v) is 2.64. The molecule has 0 aliphatic heterocycles. The fourth-order valence-corrected chi connectivity index (χ4v) is 1.45. The average molecular weight is 198 g/mol. The van der Waals surface area contributed by atoms with Crippen molar-refractivity contribution in [3.8, 4) is 0 Å². The number of benzene rings is 1. The molecule has 0 radical (unpaired) electrons. The first-order chi connectivity index (χ1) is 6.24. The predicted octanol–water partition coefficient (Wildman–Crippen LogP) is 2.87. The van der Waals surface area contributed by atoms with Gasteiger partial charge in [-0.2, -0.15) is 0 Å². The van der Waals surface area contributed by atoms with E-state index in [9.17, 15) is 0 Å². The molecule has 72 valence electrons. The van der Waals surface area contributed by atoms with Gasteiger partial charge in [0.15, 0.2) is 0 Å². The highest BCUT2D eigenvalue weighted by Crippen LogP contribution is 2.18. The summed E-state index contributed by atoms with van der Waals surface area (Å²) in [6.07, 6.45) is 2.14. The Hall–Kier alpha value is -0.530. The van der Waals surface area contributed by atoms with Crippen LogP contribution in [0.1, 0.15) is 18.9 Å². The molecule has 1 unspecified atom stereocenters. The van der Waals surface area contributed by atoms with E-state index in [0.717, 1.165) is 24.4 Å². The van der Waals surface area contributed by atoms with Crippen LogP contribution in [0.4, 0.5) is 0 Å². The molecule has 2 N–H and O–H groups in total. The highest BCUT2D eigenvalue weighted by Gasteiger charge is 2.02. The second-order valence-electron chi connectivity index (χ2n) is 3.47. The summed E-state index contributed by atoms with van der Waals surface area (Å²) in [5.74, 6) is 0.580. The summed E-state index contributed by atoms with van der Waals surface area (Å²) in [7, 11) is 0. The molecule has 1 rings (SSSR count). The van der Waals surface area contributed by atoms with Gasteiger partial charge in [0.2, 0.25) is 0 Å². The van der Waals surface area contributed by atoms with Crippen LogP contribution in [0.5, 0.6) is 0 Å². The maximum absolute atomic E-state index is 6.02. The van der Waals surface area contributed by atoms with Crippen molar-refractivity contribution in [2.75, 3.05) is 6.54 Å². The Kier molecular flexibility index (Phi) is 4.26. The number of nitrogens with two attached hydrogens (primary N) is 1. The molecule has 0 saturated carbocycles. The largest absolute Gasteiger partial charge is 0.330 e. The van der Waals surface area contributed by atoms with E-state index in [1.807, 2.05) is 18.2 Å². The van der Waals surface area contributed by atoms with Gasteiger partial charge in [-0.05, 0) is 36.9 Å². The van der Waals surface area contributed by atoms with E-state index < -0.39 is 0 Å². The molecule has 0 bridgehead atoms. The maximum atomic E-state index is 6.02. The maximum Gasteiger partial charge on any atom is 0.0437 e. The van der Waals surface area contributed by atoms with Crippen molar-refractivity contribution in [2.45, 2.75) is 19.8 Å². The quantitative estimate of drug-likeness (QED) is 0.790. The fourth-order valence-electron chi connectivity index (χ4n) is 1.22. The summed E-state index contributed by atoms with van der Waals surface area (Å²) >= 11 is 6.02. The molecule has 0 aromatic heterocycles. The van der Waals surface area contributed by atoms with Crippen LogP contribution in [-0.2, 0) is 6.42 Å². The van der Waals surface area contributed by atoms with Gasteiger partial charge in [-0.1, -0.05) is 36.7 Å².